The summed E-state index contributed by atoms with van der Waals surface area (Å²) in [6.45, 7) is 19.8. The van der Waals surface area contributed by atoms with Crippen LogP contribution in [-0.4, -0.2) is 49.7 Å². The van der Waals surface area contributed by atoms with E-state index in [1.165, 1.54) is 96.3 Å². The number of rotatable bonds is 33. The number of hydrogen-bond donors (Lipinski definition) is 0. The van der Waals surface area contributed by atoms with Gasteiger partial charge in [0.1, 0.15) is 6.10 Å². The van der Waals surface area contributed by atoms with Crippen molar-refractivity contribution in [1.82, 2.24) is 4.90 Å². The smallest absolute Gasteiger partial charge is 0.312 e. The van der Waals surface area contributed by atoms with Crippen LogP contribution in [0.4, 0.5) is 0 Å². The average Bonchev–Trinajstić information content (AvgIpc) is 3.03. The van der Waals surface area contributed by atoms with Gasteiger partial charge >= 0.3 is 11.9 Å². The molecule has 5 heteroatoms. The monoisotopic (exact) mass is 666 g/mol. The van der Waals surface area contributed by atoms with E-state index in [0.717, 1.165) is 64.5 Å². The Morgan fingerprint density at radius 1 is 0.596 bits per heavy atom. The van der Waals surface area contributed by atoms with Crippen molar-refractivity contribution in [2.75, 3.05) is 26.7 Å². The summed E-state index contributed by atoms with van der Waals surface area (Å²) in [5.74, 6) is 0.461. The summed E-state index contributed by atoms with van der Waals surface area (Å²) in [6.07, 6.45) is 28.0. The summed E-state index contributed by atoms with van der Waals surface area (Å²) in [4.78, 5) is 28.4. The lowest BCUT2D eigenvalue weighted by molar-refractivity contribution is -0.168. The zero-order chi connectivity index (χ0) is 35.4. The Balaban J connectivity index is 4.58. The summed E-state index contributed by atoms with van der Waals surface area (Å²) in [5, 5.41) is 0. The molecule has 0 aliphatic carbocycles. The van der Waals surface area contributed by atoms with Crippen molar-refractivity contribution >= 4 is 11.9 Å². The van der Waals surface area contributed by atoms with Gasteiger partial charge in [0.05, 0.1) is 12.0 Å². The Morgan fingerprint density at radius 2 is 1.04 bits per heavy atom. The molecule has 47 heavy (non-hydrogen) atoms. The molecule has 2 atom stereocenters. The lowest BCUT2D eigenvalue weighted by atomic mass is 9.67. The highest BCUT2D eigenvalue weighted by molar-refractivity contribution is 5.77. The van der Waals surface area contributed by atoms with Crippen LogP contribution in [0.15, 0.2) is 0 Å². The molecule has 0 aromatic heterocycles. The van der Waals surface area contributed by atoms with Crippen molar-refractivity contribution in [2.24, 2.45) is 16.7 Å². The number of hydrogen-bond acceptors (Lipinski definition) is 5. The van der Waals surface area contributed by atoms with Crippen LogP contribution in [0.3, 0.4) is 0 Å². The van der Waals surface area contributed by atoms with Crippen LogP contribution < -0.4 is 0 Å². The molecule has 0 radical (unpaired) electrons. The van der Waals surface area contributed by atoms with Gasteiger partial charge in [0.15, 0.2) is 0 Å². The molecule has 0 amide bonds. The molecule has 0 heterocycles. The summed E-state index contributed by atoms with van der Waals surface area (Å²) in [7, 11) is 2.12. The molecule has 0 aromatic carbocycles. The molecule has 280 valence electrons. The van der Waals surface area contributed by atoms with Gasteiger partial charge in [-0.3, -0.25) is 9.59 Å². The summed E-state index contributed by atoms with van der Waals surface area (Å²) >= 11 is 0. The van der Waals surface area contributed by atoms with Gasteiger partial charge in [-0.05, 0) is 83.7 Å². The topological polar surface area (TPSA) is 55.8 Å². The van der Waals surface area contributed by atoms with E-state index in [1.54, 1.807) is 0 Å². The fourth-order valence-electron chi connectivity index (χ4n) is 6.51. The first-order valence-corrected chi connectivity index (χ1v) is 20.5. The van der Waals surface area contributed by atoms with E-state index >= 15 is 0 Å². The van der Waals surface area contributed by atoms with Gasteiger partial charge in [-0.1, -0.05) is 144 Å². The number of carbonyl (C=O) groups excluding carboxylic acids is 2. The molecule has 0 saturated heterocycles. The van der Waals surface area contributed by atoms with Crippen molar-refractivity contribution in [3.05, 3.63) is 0 Å². The maximum Gasteiger partial charge on any atom is 0.312 e. The predicted molar refractivity (Wildman–Crippen MR) is 203 cm³/mol. The van der Waals surface area contributed by atoms with Gasteiger partial charge in [-0.15, -0.1) is 0 Å². The molecule has 0 aromatic rings. The van der Waals surface area contributed by atoms with Crippen LogP contribution in [0.25, 0.3) is 0 Å². The molecule has 0 fully saturated rings. The molecule has 0 N–H and O–H groups in total. The predicted octanol–water partition coefficient (Wildman–Crippen LogP) is 12.5. The van der Waals surface area contributed by atoms with Crippen molar-refractivity contribution < 1.29 is 19.1 Å². The highest BCUT2D eigenvalue weighted by Crippen LogP contribution is 2.40. The Kier molecular flexibility index (Phi) is 28.0. The van der Waals surface area contributed by atoms with Crippen LogP contribution in [0, 0.1) is 16.7 Å². The Bertz CT molecular complexity index is 749. The second-order valence-corrected chi connectivity index (χ2v) is 16.0. The van der Waals surface area contributed by atoms with Crippen molar-refractivity contribution in [3.8, 4) is 0 Å². The van der Waals surface area contributed by atoms with Gasteiger partial charge in [-0.25, -0.2) is 0 Å². The SMILES string of the molecule is CCCCCCCCCC(CCCCCCCCOC(=O)CC(CCCC)CCCCCC)OC(=O)C(C)(C)C(C)(C)CN(C)CC. The molecule has 5 nitrogen and oxygen atoms in total. The number of carbonyl (C=O) groups is 2. The minimum atomic E-state index is -0.552. The largest absolute Gasteiger partial charge is 0.466 e. The molecule has 0 saturated carbocycles. The van der Waals surface area contributed by atoms with Crippen LogP contribution >= 0.6 is 0 Å². The van der Waals surface area contributed by atoms with Crippen molar-refractivity contribution in [1.29, 1.82) is 0 Å². The van der Waals surface area contributed by atoms with Crippen LogP contribution in [-0.2, 0) is 19.1 Å². The third kappa shape index (κ3) is 23.0. The molecule has 0 rings (SSSR count). The zero-order valence-electron chi connectivity index (χ0n) is 33.3. The van der Waals surface area contributed by atoms with Crippen LogP contribution in [0.2, 0.25) is 0 Å². The highest BCUT2D eigenvalue weighted by atomic mass is 16.5. The second kappa shape index (κ2) is 28.7. The van der Waals surface area contributed by atoms with E-state index < -0.39 is 5.41 Å². The fourth-order valence-corrected chi connectivity index (χ4v) is 6.51. The minimum Gasteiger partial charge on any atom is -0.466 e. The van der Waals surface area contributed by atoms with E-state index in [0.29, 0.717) is 18.9 Å². The van der Waals surface area contributed by atoms with Gasteiger partial charge in [0.2, 0.25) is 0 Å². The van der Waals surface area contributed by atoms with Crippen LogP contribution in [0.1, 0.15) is 209 Å². The lowest BCUT2D eigenvalue weighted by Crippen LogP contribution is -2.47. The maximum atomic E-state index is 13.6. The van der Waals surface area contributed by atoms with E-state index in [-0.39, 0.29) is 23.5 Å². The van der Waals surface area contributed by atoms with Gasteiger partial charge in [-0.2, -0.15) is 0 Å². The molecule has 2 unspecified atom stereocenters. The summed E-state index contributed by atoms with van der Waals surface area (Å²) in [6, 6.07) is 0. The van der Waals surface area contributed by atoms with E-state index in [2.05, 4.69) is 67.3 Å². The average molecular weight is 666 g/mol. The highest BCUT2D eigenvalue weighted by Gasteiger charge is 2.45. The van der Waals surface area contributed by atoms with E-state index in [9.17, 15) is 9.59 Å². The molecule has 0 aliphatic heterocycles. The standard InChI is InChI=1S/C42H83NO4/c1-10-14-17-19-20-23-27-32-38(47-40(45)42(7,8)41(5,6)36-43(9)13-4)33-28-24-21-22-25-29-34-46-39(44)35-37(30-16-12-3)31-26-18-15-11-2/h37-38H,10-36H2,1-9H3. The summed E-state index contributed by atoms with van der Waals surface area (Å²) < 4.78 is 12.0. The van der Waals surface area contributed by atoms with Gasteiger partial charge < -0.3 is 14.4 Å². The lowest BCUT2D eigenvalue weighted by Gasteiger charge is -2.42. The third-order valence-corrected chi connectivity index (χ3v) is 10.9. The van der Waals surface area contributed by atoms with E-state index in [4.69, 9.17) is 9.47 Å². The third-order valence-electron chi connectivity index (χ3n) is 10.9. The summed E-state index contributed by atoms with van der Waals surface area (Å²) in [5.41, 5.74) is -0.735. The molecule has 0 spiro atoms. The minimum absolute atomic E-state index is 0.00657. The first kappa shape index (κ1) is 45.9. The maximum absolute atomic E-state index is 13.6. The number of nitrogens with zero attached hydrogens (tertiary/aromatic N) is 1. The Morgan fingerprint density at radius 3 is 1.57 bits per heavy atom. The molecule has 0 aliphatic rings. The molecular weight excluding hydrogens is 582 g/mol. The van der Waals surface area contributed by atoms with Gasteiger partial charge in [0.25, 0.3) is 0 Å². The zero-order valence-corrected chi connectivity index (χ0v) is 33.3. The fraction of sp³-hybridized carbons (Fsp3) is 0.952. The van der Waals surface area contributed by atoms with Gasteiger partial charge in [0, 0.05) is 13.0 Å². The molecule has 0 bridgehead atoms. The molecular formula is C42H83NO4. The normalized spacial score (nSPS) is 13.6. The quantitative estimate of drug-likeness (QED) is 0.0516. The first-order valence-electron chi connectivity index (χ1n) is 20.5. The number of esters is 2. The van der Waals surface area contributed by atoms with Crippen molar-refractivity contribution in [2.45, 2.75) is 216 Å². The number of ether oxygens (including phenoxy) is 2. The van der Waals surface area contributed by atoms with E-state index in [1.807, 2.05) is 0 Å². The second-order valence-electron chi connectivity index (χ2n) is 16.0. The van der Waals surface area contributed by atoms with Crippen molar-refractivity contribution in [3.63, 3.8) is 0 Å². The Labute approximate surface area is 294 Å². The first-order chi connectivity index (χ1) is 22.4. The van der Waals surface area contributed by atoms with Crippen LogP contribution in [0.5, 0.6) is 0 Å². The Hall–Kier alpha value is -1.10. The number of unbranched alkanes of at least 4 members (excludes halogenated alkanes) is 15.